The number of hydrogen-bond donors (Lipinski definition) is 2. The summed E-state index contributed by atoms with van der Waals surface area (Å²) >= 11 is 0. The molecule has 0 aliphatic heterocycles. The molecule has 0 aliphatic carbocycles. The van der Waals surface area contributed by atoms with Gasteiger partial charge in [-0.3, -0.25) is 4.79 Å². The van der Waals surface area contributed by atoms with Crippen LogP contribution in [0.4, 0.5) is 0 Å². The molecule has 0 fully saturated rings. The average Bonchev–Trinajstić information content (AvgIpc) is 2.31. The van der Waals surface area contributed by atoms with Crippen LogP contribution in [-0.4, -0.2) is 17.1 Å². The molecule has 1 aromatic carbocycles. The Kier molecular flexibility index (Phi) is 5.05. The molecule has 90 valence electrons. The van der Waals surface area contributed by atoms with Crippen LogP contribution in [0, 0.1) is 12.0 Å². The second kappa shape index (κ2) is 6.56. The molecular weight excluding hydrogens is 218 g/mol. The number of benzene rings is 1. The number of carbonyl (C=O) groups is 1. The summed E-state index contributed by atoms with van der Waals surface area (Å²) in [5.41, 5.74) is 6.29. The number of hydrogen-bond acceptors (Lipinski definition) is 3. The zero-order chi connectivity index (χ0) is 12.7. The van der Waals surface area contributed by atoms with Gasteiger partial charge >= 0.3 is 5.97 Å². The Labute approximate surface area is 100 Å². The molecule has 0 bridgehead atoms. The lowest BCUT2D eigenvalue weighted by Crippen LogP contribution is -2.32. The fourth-order valence-electron chi connectivity index (χ4n) is 1.20. The lowest BCUT2D eigenvalue weighted by molar-refractivity contribution is -0.138. The Hall–Kier alpha value is -1.99. The number of ether oxygens (including phenoxy) is 1. The molecule has 0 saturated heterocycles. The zero-order valence-corrected chi connectivity index (χ0v) is 9.64. The first-order valence-electron chi connectivity index (χ1n) is 5.35. The fraction of sp³-hybridized carbons (Fsp3) is 0.308. The predicted octanol–water partition coefficient (Wildman–Crippen LogP) is 1.39. The first kappa shape index (κ1) is 13.1. The quantitative estimate of drug-likeness (QED) is 0.771. The monoisotopic (exact) mass is 233 g/mol. The Morgan fingerprint density at radius 3 is 2.65 bits per heavy atom. The standard InChI is InChI=1S/C13H15NO3/c1-2-3-8-17-11-6-4-10(5-7-11)9-12(14)13(15)16/h4-7,12H,2,9,14H2,1H3,(H,15,16)/t12-/m0/s1. The number of nitrogens with two attached hydrogens (primary N) is 1. The van der Waals surface area contributed by atoms with Gasteiger partial charge in [0.15, 0.2) is 0 Å². The van der Waals surface area contributed by atoms with Crippen LogP contribution < -0.4 is 10.5 Å². The van der Waals surface area contributed by atoms with Crippen molar-refractivity contribution < 1.29 is 14.6 Å². The molecule has 0 radical (unpaired) electrons. The van der Waals surface area contributed by atoms with E-state index in [2.05, 4.69) is 12.0 Å². The van der Waals surface area contributed by atoms with Gasteiger partial charge in [0.25, 0.3) is 0 Å². The van der Waals surface area contributed by atoms with Crippen molar-refractivity contribution in [2.75, 3.05) is 0 Å². The van der Waals surface area contributed by atoms with E-state index >= 15 is 0 Å². The highest BCUT2D eigenvalue weighted by Gasteiger charge is 2.11. The van der Waals surface area contributed by atoms with Gasteiger partial charge < -0.3 is 15.6 Å². The first-order valence-corrected chi connectivity index (χ1v) is 5.35. The maximum atomic E-state index is 10.6. The maximum absolute atomic E-state index is 10.6. The van der Waals surface area contributed by atoms with Crippen molar-refractivity contribution in [1.82, 2.24) is 0 Å². The number of rotatable bonds is 4. The third-order valence-electron chi connectivity index (χ3n) is 2.11. The minimum atomic E-state index is -1.00. The van der Waals surface area contributed by atoms with Crippen molar-refractivity contribution in [3.8, 4) is 17.8 Å². The molecule has 1 aromatic rings. The molecular formula is C13H15NO3. The van der Waals surface area contributed by atoms with E-state index in [1.54, 1.807) is 24.3 Å². The normalized spacial score (nSPS) is 11.2. The van der Waals surface area contributed by atoms with Crippen molar-refractivity contribution in [2.24, 2.45) is 5.73 Å². The molecule has 4 nitrogen and oxygen atoms in total. The highest BCUT2D eigenvalue weighted by Crippen LogP contribution is 2.12. The van der Waals surface area contributed by atoms with E-state index in [1.165, 1.54) is 0 Å². The predicted molar refractivity (Wildman–Crippen MR) is 64.5 cm³/mol. The van der Waals surface area contributed by atoms with Crippen LogP contribution >= 0.6 is 0 Å². The lowest BCUT2D eigenvalue weighted by atomic mass is 10.1. The topological polar surface area (TPSA) is 72.5 Å². The van der Waals surface area contributed by atoms with Gasteiger partial charge in [-0.1, -0.05) is 25.0 Å². The number of aliphatic carboxylic acids is 1. The molecule has 0 aromatic heterocycles. The van der Waals surface area contributed by atoms with E-state index in [9.17, 15) is 4.79 Å². The zero-order valence-electron chi connectivity index (χ0n) is 9.64. The highest BCUT2D eigenvalue weighted by atomic mass is 16.5. The summed E-state index contributed by atoms with van der Waals surface area (Å²) in [5, 5.41) is 8.67. The third kappa shape index (κ3) is 4.58. The Bertz CT molecular complexity index is 428. The van der Waals surface area contributed by atoms with Crippen molar-refractivity contribution >= 4 is 5.97 Å². The minimum absolute atomic E-state index is 0.302. The molecule has 1 rings (SSSR count). The van der Waals surface area contributed by atoms with E-state index in [0.29, 0.717) is 12.2 Å². The van der Waals surface area contributed by atoms with Crippen molar-refractivity contribution in [3.63, 3.8) is 0 Å². The summed E-state index contributed by atoms with van der Waals surface area (Å²) in [6.07, 6.45) is 3.60. The molecule has 0 aliphatic rings. The van der Waals surface area contributed by atoms with Gasteiger partial charge in [-0.2, -0.15) is 0 Å². The van der Waals surface area contributed by atoms with Gasteiger partial charge in [0, 0.05) is 6.42 Å². The highest BCUT2D eigenvalue weighted by molar-refractivity contribution is 5.73. The van der Waals surface area contributed by atoms with Gasteiger partial charge in [-0.15, -0.1) is 0 Å². The van der Waals surface area contributed by atoms with Crippen molar-refractivity contribution in [2.45, 2.75) is 25.8 Å². The number of carboxylic acids is 1. The smallest absolute Gasteiger partial charge is 0.320 e. The van der Waals surface area contributed by atoms with Crippen LogP contribution in [0.2, 0.25) is 0 Å². The summed E-state index contributed by atoms with van der Waals surface area (Å²) in [4.78, 5) is 10.6. The Morgan fingerprint density at radius 1 is 1.47 bits per heavy atom. The van der Waals surface area contributed by atoms with Gasteiger partial charge in [-0.25, -0.2) is 0 Å². The van der Waals surface area contributed by atoms with E-state index in [-0.39, 0.29) is 0 Å². The lowest BCUT2D eigenvalue weighted by Gasteiger charge is -2.06. The molecule has 0 amide bonds. The molecule has 0 unspecified atom stereocenters. The van der Waals surface area contributed by atoms with Gasteiger partial charge in [0.05, 0.1) is 0 Å². The third-order valence-corrected chi connectivity index (χ3v) is 2.11. The van der Waals surface area contributed by atoms with Crippen LogP contribution in [0.25, 0.3) is 0 Å². The summed E-state index contributed by atoms with van der Waals surface area (Å²) < 4.78 is 5.15. The van der Waals surface area contributed by atoms with Crippen LogP contribution in [0.3, 0.4) is 0 Å². The van der Waals surface area contributed by atoms with Gasteiger partial charge in [0.1, 0.15) is 17.9 Å². The summed E-state index contributed by atoms with van der Waals surface area (Å²) in [7, 11) is 0. The largest absolute Gasteiger partial charge is 0.480 e. The summed E-state index contributed by atoms with van der Waals surface area (Å²) in [6, 6.07) is 6.18. The molecule has 3 N–H and O–H groups in total. The second-order valence-electron chi connectivity index (χ2n) is 3.53. The molecule has 0 spiro atoms. The van der Waals surface area contributed by atoms with Crippen LogP contribution in [0.5, 0.6) is 5.75 Å². The molecule has 17 heavy (non-hydrogen) atoms. The Morgan fingerprint density at radius 2 is 2.12 bits per heavy atom. The Balaban J connectivity index is 2.58. The second-order valence-corrected chi connectivity index (χ2v) is 3.53. The van der Waals surface area contributed by atoms with Gasteiger partial charge in [-0.05, 0) is 24.1 Å². The fourth-order valence-corrected chi connectivity index (χ4v) is 1.20. The van der Waals surface area contributed by atoms with E-state index in [0.717, 1.165) is 12.0 Å². The van der Waals surface area contributed by atoms with E-state index in [1.807, 2.05) is 6.92 Å². The summed E-state index contributed by atoms with van der Waals surface area (Å²) in [6.45, 7) is 1.94. The maximum Gasteiger partial charge on any atom is 0.320 e. The molecule has 1 atom stereocenters. The van der Waals surface area contributed by atoms with E-state index < -0.39 is 12.0 Å². The molecule has 4 heteroatoms. The minimum Gasteiger partial charge on any atom is -0.480 e. The molecule has 0 heterocycles. The summed E-state index contributed by atoms with van der Waals surface area (Å²) in [5.74, 6) is 2.43. The first-order chi connectivity index (χ1) is 8.13. The van der Waals surface area contributed by atoms with Crippen molar-refractivity contribution in [3.05, 3.63) is 29.8 Å². The van der Waals surface area contributed by atoms with Crippen molar-refractivity contribution in [1.29, 1.82) is 0 Å². The SMILES string of the molecule is CCC#COc1ccc(C[C@H](N)C(=O)O)cc1. The number of carboxylic acid groups (broad SMARTS) is 1. The van der Waals surface area contributed by atoms with Crippen LogP contribution in [0.1, 0.15) is 18.9 Å². The average molecular weight is 233 g/mol. The molecule has 0 saturated carbocycles. The van der Waals surface area contributed by atoms with E-state index in [4.69, 9.17) is 15.6 Å². The van der Waals surface area contributed by atoms with Crippen LogP contribution in [-0.2, 0) is 11.2 Å². The van der Waals surface area contributed by atoms with Gasteiger partial charge in [0.2, 0.25) is 0 Å². The van der Waals surface area contributed by atoms with Crippen LogP contribution in [0.15, 0.2) is 24.3 Å².